The minimum Gasteiger partial charge on any atom is -0.0925 e. The average Bonchev–Trinajstić information content (AvgIpc) is 2.16. The van der Waals surface area contributed by atoms with Crippen LogP contribution in [0.25, 0.3) is 0 Å². The summed E-state index contributed by atoms with van der Waals surface area (Å²) in [6.45, 7) is 6.72. The number of hydrogen-bond acceptors (Lipinski definition) is 0. The normalized spacial score (nSPS) is 13.2. The van der Waals surface area contributed by atoms with Gasteiger partial charge in [-0.15, -0.1) is 0 Å². The standard InChI is InChI=1S/C13H19Br/c1-10(2)13(9-14)8-12-6-4-11(3)5-7-12/h4-7,10,13H,8-9H2,1-3H3. The van der Waals surface area contributed by atoms with Crippen LogP contribution in [-0.4, -0.2) is 5.33 Å². The lowest BCUT2D eigenvalue weighted by atomic mass is 9.91. The molecule has 0 radical (unpaired) electrons. The van der Waals surface area contributed by atoms with Crippen LogP contribution in [0.3, 0.4) is 0 Å². The van der Waals surface area contributed by atoms with Crippen molar-refractivity contribution < 1.29 is 0 Å². The third-order valence-electron chi connectivity index (χ3n) is 2.76. The Balaban J connectivity index is 2.63. The van der Waals surface area contributed by atoms with Crippen LogP contribution in [0.4, 0.5) is 0 Å². The van der Waals surface area contributed by atoms with Crippen LogP contribution in [0.15, 0.2) is 24.3 Å². The number of halogens is 1. The Kier molecular flexibility index (Phi) is 4.67. The fourth-order valence-corrected chi connectivity index (χ4v) is 2.47. The van der Waals surface area contributed by atoms with Gasteiger partial charge in [-0.25, -0.2) is 0 Å². The van der Waals surface area contributed by atoms with Gasteiger partial charge in [-0.05, 0) is 30.7 Å². The van der Waals surface area contributed by atoms with Crippen LogP contribution >= 0.6 is 15.9 Å². The van der Waals surface area contributed by atoms with E-state index in [0.717, 1.165) is 17.2 Å². The predicted octanol–water partition coefficient (Wildman–Crippen LogP) is 4.20. The van der Waals surface area contributed by atoms with Crippen LogP contribution < -0.4 is 0 Å². The molecule has 0 heterocycles. The van der Waals surface area contributed by atoms with Gasteiger partial charge in [-0.3, -0.25) is 0 Å². The van der Waals surface area contributed by atoms with Gasteiger partial charge >= 0.3 is 0 Å². The highest BCUT2D eigenvalue weighted by Gasteiger charge is 2.12. The second-order valence-electron chi connectivity index (χ2n) is 4.35. The van der Waals surface area contributed by atoms with E-state index in [1.807, 2.05) is 0 Å². The number of benzene rings is 1. The van der Waals surface area contributed by atoms with Crippen LogP contribution in [0.2, 0.25) is 0 Å². The number of alkyl halides is 1. The molecule has 1 unspecified atom stereocenters. The number of rotatable bonds is 4. The number of aryl methyl sites for hydroxylation is 1. The molecule has 1 atom stereocenters. The zero-order valence-corrected chi connectivity index (χ0v) is 10.8. The molecule has 78 valence electrons. The van der Waals surface area contributed by atoms with Crippen molar-refractivity contribution >= 4 is 15.9 Å². The summed E-state index contributed by atoms with van der Waals surface area (Å²) in [5, 5.41) is 1.10. The summed E-state index contributed by atoms with van der Waals surface area (Å²) < 4.78 is 0. The maximum atomic E-state index is 3.59. The monoisotopic (exact) mass is 254 g/mol. The van der Waals surface area contributed by atoms with E-state index < -0.39 is 0 Å². The molecule has 1 aromatic carbocycles. The predicted molar refractivity (Wildman–Crippen MR) is 67.0 cm³/mol. The Morgan fingerprint density at radius 3 is 2.14 bits per heavy atom. The van der Waals surface area contributed by atoms with Crippen molar-refractivity contribution in [3.05, 3.63) is 35.4 Å². The first-order chi connectivity index (χ1) is 6.63. The highest BCUT2D eigenvalue weighted by Crippen LogP contribution is 2.19. The van der Waals surface area contributed by atoms with E-state index in [1.54, 1.807) is 0 Å². The third kappa shape index (κ3) is 3.45. The zero-order valence-electron chi connectivity index (χ0n) is 9.26. The molecular formula is C13H19Br. The van der Waals surface area contributed by atoms with Gasteiger partial charge in [0.2, 0.25) is 0 Å². The van der Waals surface area contributed by atoms with Crippen molar-refractivity contribution in [2.75, 3.05) is 5.33 Å². The Labute approximate surface area is 95.9 Å². The summed E-state index contributed by atoms with van der Waals surface area (Å²) in [5.74, 6) is 1.49. The molecule has 0 saturated heterocycles. The first-order valence-corrected chi connectivity index (χ1v) is 6.37. The van der Waals surface area contributed by atoms with Crippen LogP contribution in [0.1, 0.15) is 25.0 Å². The van der Waals surface area contributed by atoms with Gasteiger partial charge in [-0.2, -0.15) is 0 Å². The van der Waals surface area contributed by atoms with E-state index in [2.05, 4.69) is 61.0 Å². The lowest BCUT2D eigenvalue weighted by Crippen LogP contribution is -2.13. The van der Waals surface area contributed by atoms with Gasteiger partial charge in [0, 0.05) is 5.33 Å². The molecule has 0 saturated carbocycles. The molecule has 0 aliphatic heterocycles. The SMILES string of the molecule is Cc1ccc(CC(CBr)C(C)C)cc1. The average molecular weight is 255 g/mol. The third-order valence-corrected chi connectivity index (χ3v) is 3.59. The van der Waals surface area contributed by atoms with E-state index in [1.165, 1.54) is 17.5 Å². The maximum Gasteiger partial charge on any atom is 0.00652 e. The fourth-order valence-electron chi connectivity index (χ4n) is 1.50. The molecule has 1 rings (SSSR count). The molecule has 0 amide bonds. The Morgan fingerprint density at radius 2 is 1.71 bits per heavy atom. The molecule has 0 N–H and O–H groups in total. The smallest absolute Gasteiger partial charge is 0.00652 e. The Bertz CT molecular complexity index is 261. The second kappa shape index (κ2) is 5.55. The lowest BCUT2D eigenvalue weighted by molar-refractivity contribution is 0.427. The molecular weight excluding hydrogens is 236 g/mol. The van der Waals surface area contributed by atoms with Gasteiger partial charge in [0.25, 0.3) is 0 Å². The van der Waals surface area contributed by atoms with Crippen molar-refractivity contribution in [3.8, 4) is 0 Å². The molecule has 1 aromatic rings. The maximum absolute atomic E-state index is 3.59. The summed E-state index contributed by atoms with van der Waals surface area (Å²) in [6, 6.07) is 8.88. The highest BCUT2D eigenvalue weighted by molar-refractivity contribution is 9.09. The Hall–Kier alpha value is -0.300. The Morgan fingerprint density at radius 1 is 1.14 bits per heavy atom. The highest BCUT2D eigenvalue weighted by atomic mass is 79.9. The summed E-state index contributed by atoms with van der Waals surface area (Å²) >= 11 is 3.59. The van der Waals surface area contributed by atoms with Gasteiger partial charge in [0.05, 0.1) is 0 Å². The van der Waals surface area contributed by atoms with E-state index in [0.29, 0.717) is 0 Å². The van der Waals surface area contributed by atoms with Crippen molar-refractivity contribution in [2.45, 2.75) is 27.2 Å². The minimum atomic E-state index is 0.746. The molecule has 0 aliphatic carbocycles. The van der Waals surface area contributed by atoms with Crippen LogP contribution in [0, 0.1) is 18.8 Å². The molecule has 0 nitrogen and oxygen atoms in total. The summed E-state index contributed by atoms with van der Waals surface area (Å²) in [6.07, 6.45) is 1.18. The van der Waals surface area contributed by atoms with Gasteiger partial charge in [0.1, 0.15) is 0 Å². The van der Waals surface area contributed by atoms with Crippen molar-refractivity contribution in [1.82, 2.24) is 0 Å². The quantitative estimate of drug-likeness (QED) is 0.707. The fraction of sp³-hybridized carbons (Fsp3) is 0.538. The van der Waals surface area contributed by atoms with E-state index in [9.17, 15) is 0 Å². The molecule has 0 bridgehead atoms. The topological polar surface area (TPSA) is 0 Å². The molecule has 14 heavy (non-hydrogen) atoms. The summed E-state index contributed by atoms with van der Waals surface area (Å²) in [7, 11) is 0. The van der Waals surface area contributed by atoms with Crippen molar-refractivity contribution in [2.24, 2.45) is 11.8 Å². The zero-order chi connectivity index (χ0) is 10.6. The molecule has 1 heteroatoms. The van der Waals surface area contributed by atoms with E-state index >= 15 is 0 Å². The van der Waals surface area contributed by atoms with Gasteiger partial charge < -0.3 is 0 Å². The first kappa shape index (κ1) is 11.8. The first-order valence-electron chi connectivity index (χ1n) is 5.25. The van der Waals surface area contributed by atoms with Crippen LogP contribution in [-0.2, 0) is 6.42 Å². The van der Waals surface area contributed by atoms with Crippen LogP contribution in [0.5, 0.6) is 0 Å². The largest absolute Gasteiger partial charge is 0.0925 e. The van der Waals surface area contributed by atoms with E-state index in [4.69, 9.17) is 0 Å². The summed E-state index contributed by atoms with van der Waals surface area (Å²) in [4.78, 5) is 0. The molecule has 0 spiro atoms. The minimum absolute atomic E-state index is 0.746. The van der Waals surface area contributed by atoms with Gasteiger partial charge in [-0.1, -0.05) is 59.6 Å². The van der Waals surface area contributed by atoms with Crippen molar-refractivity contribution in [1.29, 1.82) is 0 Å². The second-order valence-corrected chi connectivity index (χ2v) is 5.00. The van der Waals surface area contributed by atoms with Gasteiger partial charge in [0.15, 0.2) is 0 Å². The lowest BCUT2D eigenvalue weighted by Gasteiger charge is -2.18. The van der Waals surface area contributed by atoms with Crippen molar-refractivity contribution in [3.63, 3.8) is 0 Å². The van der Waals surface area contributed by atoms with E-state index in [-0.39, 0.29) is 0 Å². The summed E-state index contributed by atoms with van der Waals surface area (Å²) in [5.41, 5.74) is 2.79. The molecule has 0 aromatic heterocycles. The molecule has 0 fully saturated rings. The number of hydrogen-bond donors (Lipinski definition) is 0. The molecule has 0 aliphatic rings.